The molecule has 1 aromatic heterocycles. The fraction of sp³-hybridized carbons (Fsp3) is 0.0909. The number of nitrogens with zero attached hydrogens (tertiary/aromatic N) is 3. The number of nitrogens with one attached hydrogen (secondary N) is 1. The first-order valence-corrected chi connectivity index (χ1v) is 9.28. The number of sulfone groups is 1. The number of benzene rings is 1. The van der Waals surface area contributed by atoms with E-state index < -0.39 is 24.8 Å². The Kier molecular flexibility index (Phi) is 4.29. The van der Waals surface area contributed by atoms with Crippen molar-refractivity contribution in [2.45, 2.75) is 9.92 Å². The van der Waals surface area contributed by atoms with Crippen LogP contribution in [0.3, 0.4) is 0 Å². The molecule has 1 N–H and O–H groups in total. The number of nitro benzene ring substituents is 1. The van der Waals surface area contributed by atoms with Crippen LogP contribution in [0.4, 0.5) is 11.5 Å². The summed E-state index contributed by atoms with van der Waals surface area (Å²) in [7, 11) is -7.57. The van der Waals surface area contributed by atoms with Gasteiger partial charge in [0.25, 0.3) is 15.7 Å². The minimum atomic E-state index is -4.03. The van der Waals surface area contributed by atoms with Gasteiger partial charge in [-0.1, -0.05) is 0 Å². The predicted octanol–water partition coefficient (Wildman–Crippen LogP) is 0.589. The number of nitro groups is 1. The van der Waals surface area contributed by atoms with Crippen molar-refractivity contribution in [3.8, 4) is 0 Å². The summed E-state index contributed by atoms with van der Waals surface area (Å²) in [5, 5.41) is 17.1. The third-order valence-corrected chi connectivity index (χ3v) is 4.96. The number of hydrogen-bond donors (Lipinski definition) is 1. The standard InChI is InChI=1S/C11H10N4O6S2/c1-22(18,19)11-7-6-10(12-13-11)14-23(20,21)9-4-2-8(3-5-9)15(16)17/h2-7H,1H3,(H,12,14). The molecule has 0 saturated heterocycles. The Morgan fingerprint density at radius 3 is 2.04 bits per heavy atom. The molecule has 0 radical (unpaired) electrons. The van der Waals surface area contributed by atoms with Crippen molar-refractivity contribution in [1.29, 1.82) is 0 Å². The van der Waals surface area contributed by atoms with Crippen LogP contribution < -0.4 is 4.72 Å². The van der Waals surface area contributed by atoms with Gasteiger partial charge in [0.1, 0.15) is 0 Å². The molecular weight excluding hydrogens is 348 g/mol. The van der Waals surface area contributed by atoms with Gasteiger partial charge < -0.3 is 0 Å². The van der Waals surface area contributed by atoms with Crippen molar-refractivity contribution in [3.63, 3.8) is 0 Å². The van der Waals surface area contributed by atoms with Crippen molar-refractivity contribution in [3.05, 3.63) is 46.5 Å². The second-order valence-corrected chi connectivity index (χ2v) is 8.03. The van der Waals surface area contributed by atoms with Gasteiger partial charge in [-0.15, -0.1) is 10.2 Å². The van der Waals surface area contributed by atoms with Crippen LogP contribution in [0, 0.1) is 10.1 Å². The molecule has 0 unspecified atom stereocenters. The normalized spacial score (nSPS) is 11.9. The Balaban J connectivity index is 2.26. The average Bonchev–Trinajstić information content (AvgIpc) is 2.46. The van der Waals surface area contributed by atoms with Crippen LogP contribution in [-0.2, 0) is 19.9 Å². The lowest BCUT2D eigenvalue weighted by Gasteiger charge is -2.06. The summed E-state index contributed by atoms with van der Waals surface area (Å²) in [5.74, 6) is -0.184. The molecule has 2 aromatic rings. The molecule has 0 atom stereocenters. The van der Waals surface area contributed by atoms with Gasteiger partial charge in [-0.25, -0.2) is 16.8 Å². The van der Waals surface area contributed by atoms with Crippen LogP contribution in [0.1, 0.15) is 0 Å². The second-order valence-electron chi connectivity index (χ2n) is 4.39. The zero-order valence-corrected chi connectivity index (χ0v) is 13.2. The topological polar surface area (TPSA) is 149 Å². The van der Waals surface area contributed by atoms with E-state index in [9.17, 15) is 26.9 Å². The van der Waals surface area contributed by atoms with Crippen LogP contribution in [0.2, 0.25) is 0 Å². The third kappa shape index (κ3) is 3.98. The van der Waals surface area contributed by atoms with E-state index >= 15 is 0 Å². The van der Waals surface area contributed by atoms with Crippen LogP contribution >= 0.6 is 0 Å². The highest BCUT2D eigenvalue weighted by atomic mass is 32.2. The molecule has 1 aromatic carbocycles. The van der Waals surface area contributed by atoms with E-state index in [2.05, 4.69) is 14.9 Å². The first-order chi connectivity index (χ1) is 10.6. The van der Waals surface area contributed by atoms with Crippen LogP contribution in [-0.4, -0.2) is 38.2 Å². The number of sulfonamides is 1. The first kappa shape index (κ1) is 16.8. The lowest BCUT2D eigenvalue weighted by atomic mass is 10.3. The number of rotatable bonds is 5. The van der Waals surface area contributed by atoms with Gasteiger partial charge in [-0.2, -0.15) is 0 Å². The quantitative estimate of drug-likeness (QED) is 0.602. The van der Waals surface area contributed by atoms with E-state index in [4.69, 9.17) is 0 Å². The van der Waals surface area contributed by atoms with E-state index in [0.29, 0.717) is 0 Å². The van der Waals surface area contributed by atoms with E-state index in [1.165, 1.54) is 0 Å². The molecule has 0 aliphatic carbocycles. The van der Waals surface area contributed by atoms with Gasteiger partial charge in [-0.05, 0) is 24.3 Å². The van der Waals surface area contributed by atoms with Crippen molar-refractivity contribution in [2.75, 3.05) is 11.0 Å². The van der Waals surface area contributed by atoms with Gasteiger partial charge in [0.05, 0.1) is 9.82 Å². The van der Waals surface area contributed by atoms with Gasteiger partial charge in [-0.3, -0.25) is 14.8 Å². The summed E-state index contributed by atoms with van der Waals surface area (Å²) in [6.07, 6.45) is 0.942. The van der Waals surface area contributed by atoms with Crippen LogP contribution in [0.25, 0.3) is 0 Å². The molecule has 0 bridgehead atoms. The average molecular weight is 358 g/mol. The fourth-order valence-corrected chi connectivity index (χ4v) is 3.02. The summed E-state index contributed by atoms with van der Waals surface area (Å²) in [5.41, 5.74) is -0.249. The molecule has 0 aliphatic heterocycles. The van der Waals surface area contributed by atoms with Crippen LogP contribution in [0.5, 0.6) is 0 Å². The SMILES string of the molecule is CS(=O)(=O)c1ccc(NS(=O)(=O)c2ccc([N+](=O)[O-])cc2)nn1. The van der Waals surface area contributed by atoms with Crippen molar-refractivity contribution in [2.24, 2.45) is 0 Å². The highest BCUT2D eigenvalue weighted by Gasteiger charge is 2.17. The predicted molar refractivity (Wildman–Crippen MR) is 79.0 cm³/mol. The Labute approximate surface area is 131 Å². The molecule has 10 nitrogen and oxygen atoms in total. The molecule has 0 fully saturated rings. The maximum atomic E-state index is 12.1. The molecule has 0 aliphatic rings. The van der Waals surface area contributed by atoms with Gasteiger partial charge in [0, 0.05) is 18.4 Å². The lowest BCUT2D eigenvalue weighted by Crippen LogP contribution is -2.15. The molecule has 2 rings (SSSR count). The molecule has 0 spiro atoms. The molecule has 0 saturated carbocycles. The summed E-state index contributed by atoms with van der Waals surface area (Å²) >= 11 is 0. The summed E-state index contributed by atoms with van der Waals surface area (Å²) < 4.78 is 48.8. The Bertz CT molecular complexity index is 937. The Morgan fingerprint density at radius 2 is 1.61 bits per heavy atom. The third-order valence-electron chi connectivity index (χ3n) is 2.62. The minimum Gasteiger partial charge on any atom is -0.262 e. The minimum absolute atomic E-state index is 0.184. The second kappa shape index (κ2) is 5.89. The van der Waals surface area contributed by atoms with Crippen molar-refractivity contribution >= 4 is 31.4 Å². The van der Waals surface area contributed by atoms with Crippen molar-refractivity contribution < 1.29 is 21.8 Å². The largest absolute Gasteiger partial charge is 0.269 e. The maximum Gasteiger partial charge on any atom is 0.269 e. The van der Waals surface area contributed by atoms with Gasteiger partial charge in [0.2, 0.25) is 0 Å². The number of anilines is 1. The zero-order chi connectivity index (χ0) is 17.3. The molecule has 12 heteroatoms. The monoisotopic (exact) mass is 358 g/mol. The van der Waals surface area contributed by atoms with E-state index in [-0.39, 0.29) is 21.4 Å². The van der Waals surface area contributed by atoms with E-state index in [0.717, 1.165) is 42.7 Å². The molecule has 0 amide bonds. The molecule has 122 valence electrons. The fourth-order valence-electron chi connectivity index (χ4n) is 1.52. The van der Waals surface area contributed by atoms with Crippen molar-refractivity contribution in [1.82, 2.24) is 10.2 Å². The maximum absolute atomic E-state index is 12.1. The summed E-state index contributed by atoms with van der Waals surface area (Å²) in [6, 6.07) is 6.49. The Morgan fingerprint density at radius 1 is 1.00 bits per heavy atom. The van der Waals surface area contributed by atoms with E-state index in [1.807, 2.05) is 0 Å². The summed E-state index contributed by atoms with van der Waals surface area (Å²) in [4.78, 5) is 9.67. The Hall–Kier alpha value is -2.60. The molecule has 23 heavy (non-hydrogen) atoms. The van der Waals surface area contributed by atoms with Gasteiger partial charge in [0.15, 0.2) is 20.7 Å². The smallest absolute Gasteiger partial charge is 0.262 e. The highest BCUT2D eigenvalue weighted by molar-refractivity contribution is 7.92. The highest BCUT2D eigenvalue weighted by Crippen LogP contribution is 2.18. The van der Waals surface area contributed by atoms with Crippen LogP contribution in [0.15, 0.2) is 46.3 Å². The number of aromatic nitrogens is 2. The van der Waals surface area contributed by atoms with E-state index in [1.54, 1.807) is 0 Å². The number of non-ortho nitro benzene ring substituents is 1. The lowest BCUT2D eigenvalue weighted by molar-refractivity contribution is -0.384. The molecule has 1 heterocycles. The molecular formula is C11H10N4O6S2. The summed E-state index contributed by atoms with van der Waals surface area (Å²) in [6.45, 7) is 0. The zero-order valence-electron chi connectivity index (χ0n) is 11.6. The number of hydrogen-bond acceptors (Lipinski definition) is 8. The first-order valence-electron chi connectivity index (χ1n) is 5.91. The van der Waals surface area contributed by atoms with Gasteiger partial charge >= 0.3 is 0 Å².